The van der Waals surface area contributed by atoms with Crippen molar-refractivity contribution in [3.63, 3.8) is 0 Å². The number of nitrogens with zero attached hydrogens (tertiary/aromatic N) is 2. The molecule has 3 aromatic rings. The highest BCUT2D eigenvalue weighted by Crippen LogP contribution is 2.27. The molecule has 1 atom stereocenters. The summed E-state index contributed by atoms with van der Waals surface area (Å²) in [6, 6.07) is 11.7. The van der Waals surface area contributed by atoms with E-state index < -0.39 is 0 Å². The van der Waals surface area contributed by atoms with Crippen LogP contribution in [-0.4, -0.2) is 16.1 Å². The zero-order valence-corrected chi connectivity index (χ0v) is 13.8. The summed E-state index contributed by atoms with van der Waals surface area (Å²) >= 11 is 1.55. The first-order valence-corrected chi connectivity index (χ1v) is 8.22. The fraction of sp³-hybridized carbons (Fsp3) is 0.235. The number of hydrogen-bond acceptors (Lipinski definition) is 5. The van der Waals surface area contributed by atoms with Crippen LogP contribution in [0.4, 0.5) is 0 Å². The molecule has 0 aliphatic rings. The van der Waals surface area contributed by atoms with E-state index in [1.807, 2.05) is 55.6 Å². The molecule has 1 amide bonds. The fourth-order valence-electron chi connectivity index (χ4n) is 2.26. The van der Waals surface area contributed by atoms with Crippen molar-refractivity contribution in [3.05, 3.63) is 58.8 Å². The van der Waals surface area contributed by atoms with Gasteiger partial charge in [0, 0.05) is 0 Å². The monoisotopic (exact) mass is 327 g/mol. The molecule has 1 aromatic carbocycles. The van der Waals surface area contributed by atoms with E-state index in [9.17, 15) is 4.79 Å². The molecule has 0 saturated heterocycles. The van der Waals surface area contributed by atoms with Crippen molar-refractivity contribution in [2.75, 3.05) is 0 Å². The van der Waals surface area contributed by atoms with Crippen molar-refractivity contribution >= 4 is 17.2 Å². The molecule has 0 aliphatic heterocycles. The molecule has 0 saturated carbocycles. The van der Waals surface area contributed by atoms with Gasteiger partial charge in [0.15, 0.2) is 0 Å². The highest BCUT2D eigenvalue weighted by Gasteiger charge is 2.16. The van der Waals surface area contributed by atoms with Crippen LogP contribution in [0, 0.1) is 6.92 Å². The average Bonchev–Trinajstić information content (AvgIpc) is 3.16. The quantitative estimate of drug-likeness (QED) is 0.778. The van der Waals surface area contributed by atoms with Gasteiger partial charge in [-0.2, -0.15) is 0 Å². The molecule has 0 fully saturated rings. The van der Waals surface area contributed by atoms with Gasteiger partial charge >= 0.3 is 0 Å². The molecule has 5 nitrogen and oxygen atoms in total. The van der Waals surface area contributed by atoms with E-state index >= 15 is 0 Å². The Morgan fingerprint density at radius 3 is 2.74 bits per heavy atom. The molecule has 118 valence electrons. The predicted molar refractivity (Wildman–Crippen MR) is 89.1 cm³/mol. The van der Waals surface area contributed by atoms with Crippen LogP contribution in [-0.2, 0) is 11.2 Å². The summed E-state index contributed by atoms with van der Waals surface area (Å²) in [5, 5.41) is 12.9. The molecule has 0 bridgehead atoms. The molecule has 2 aromatic heterocycles. The maximum absolute atomic E-state index is 12.1. The van der Waals surface area contributed by atoms with Crippen molar-refractivity contribution in [1.82, 2.24) is 15.5 Å². The average molecular weight is 327 g/mol. The number of benzene rings is 1. The lowest BCUT2D eigenvalue weighted by Gasteiger charge is -2.13. The lowest BCUT2D eigenvalue weighted by molar-refractivity contribution is -0.121. The van der Waals surface area contributed by atoms with Gasteiger partial charge in [0.05, 0.1) is 10.9 Å². The van der Waals surface area contributed by atoms with Crippen LogP contribution in [0.2, 0.25) is 0 Å². The number of rotatable bonds is 5. The smallest absolute Gasteiger partial charge is 0.258 e. The predicted octanol–water partition coefficient (Wildman–Crippen LogP) is 3.53. The highest BCUT2D eigenvalue weighted by atomic mass is 32.1. The van der Waals surface area contributed by atoms with Crippen molar-refractivity contribution in [3.8, 4) is 10.8 Å². The number of hydrogen-bond donors (Lipinski definition) is 1. The number of thiophene rings is 1. The van der Waals surface area contributed by atoms with E-state index in [4.69, 9.17) is 4.42 Å². The second kappa shape index (κ2) is 6.75. The van der Waals surface area contributed by atoms with Crippen LogP contribution in [0.15, 0.2) is 46.2 Å². The maximum Gasteiger partial charge on any atom is 0.258 e. The molecule has 0 unspecified atom stereocenters. The number of amides is 1. The third-order valence-corrected chi connectivity index (χ3v) is 4.52. The lowest BCUT2D eigenvalue weighted by Crippen LogP contribution is -2.28. The van der Waals surface area contributed by atoms with Gasteiger partial charge in [-0.15, -0.1) is 21.5 Å². The van der Waals surface area contributed by atoms with Crippen LogP contribution in [0.3, 0.4) is 0 Å². The summed E-state index contributed by atoms with van der Waals surface area (Å²) in [5.41, 5.74) is 2.15. The zero-order valence-electron chi connectivity index (χ0n) is 12.9. The van der Waals surface area contributed by atoms with Gasteiger partial charge in [0.1, 0.15) is 6.42 Å². The Bertz CT molecular complexity index is 795. The first kappa shape index (κ1) is 15.4. The van der Waals surface area contributed by atoms with Gasteiger partial charge < -0.3 is 9.73 Å². The van der Waals surface area contributed by atoms with E-state index in [1.165, 1.54) is 0 Å². The fourth-order valence-corrected chi connectivity index (χ4v) is 3.11. The second-order valence-corrected chi connectivity index (χ2v) is 6.23. The molecule has 0 radical (unpaired) electrons. The van der Waals surface area contributed by atoms with Gasteiger partial charge in [0.2, 0.25) is 11.8 Å². The maximum atomic E-state index is 12.1. The Kier molecular flexibility index (Phi) is 4.52. The van der Waals surface area contributed by atoms with Crippen molar-refractivity contribution in [2.45, 2.75) is 26.3 Å². The van der Waals surface area contributed by atoms with E-state index in [0.29, 0.717) is 11.8 Å². The summed E-state index contributed by atoms with van der Waals surface area (Å²) in [6.07, 6.45) is 0.0780. The Morgan fingerprint density at radius 1 is 1.26 bits per heavy atom. The Balaban J connectivity index is 1.63. The van der Waals surface area contributed by atoms with Crippen molar-refractivity contribution in [2.24, 2.45) is 0 Å². The molecular formula is C17H17N3O2S. The third-order valence-electron chi connectivity index (χ3n) is 3.51. The first-order valence-electron chi connectivity index (χ1n) is 7.34. The normalized spacial score (nSPS) is 12.1. The van der Waals surface area contributed by atoms with E-state index in [0.717, 1.165) is 16.0 Å². The molecule has 0 spiro atoms. The Morgan fingerprint density at radius 2 is 2.04 bits per heavy atom. The molecule has 0 aliphatic carbocycles. The lowest BCUT2D eigenvalue weighted by atomic mass is 10.1. The largest absolute Gasteiger partial charge is 0.419 e. The van der Waals surface area contributed by atoms with Crippen molar-refractivity contribution < 1.29 is 9.21 Å². The second-order valence-electron chi connectivity index (χ2n) is 5.31. The third kappa shape index (κ3) is 3.65. The van der Waals surface area contributed by atoms with Gasteiger partial charge in [0.25, 0.3) is 5.89 Å². The summed E-state index contributed by atoms with van der Waals surface area (Å²) in [7, 11) is 0. The number of nitrogens with one attached hydrogen (secondary N) is 1. The van der Waals surface area contributed by atoms with Gasteiger partial charge in [-0.05, 0) is 36.4 Å². The zero-order chi connectivity index (χ0) is 16.2. The standard InChI is InChI=1S/C17H17N3O2S/c1-11-8-9-23-16(11)17-20-19-15(22-17)10-14(21)18-12(2)13-6-4-3-5-7-13/h3-9,12H,10H2,1-2H3,(H,18,21)/t12-/m1/s1. The molecule has 23 heavy (non-hydrogen) atoms. The van der Waals surface area contributed by atoms with E-state index in [2.05, 4.69) is 15.5 Å². The highest BCUT2D eigenvalue weighted by molar-refractivity contribution is 7.13. The number of carbonyl (C=O) groups is 1. The molecule has 6 heteroatoms. The summed E-state index contributed by atoms with van der Waals surface area (Å²) in [5.74, 6) is 0.654. The molecular weight excluding hydrogens is 310 g/mol. The Labute approximate surface area is 138 Å². The van der Waals surface area contributed by atoms with Crippen LogP contribution in [0.25, 0.3) is 10.8 Å². The van der Waals surface area contributed by atoms with E-state index in [1.54, 1.807) is 11.3 Å². The minimum Gasteiger partial charge on any atom is -0.419 e. The van der Waals surface area contributed by atoms with Crippen LogP contribution < -0.4 is 5.32 Å². The van der Waals surface area contributed by atoms with Gasteiger partial charge in [-0.3, -0.25) is 4.79 Å². The summed E-state index contributed by atoms with van der Waals surface area (Å²) < 4.78 is 5.59. The molecule has 1 N–H and O–H groups in total. The molecule has 2 heterocycles. The number of aromatic nitrogens is 2. The number of carbonyl (C=O) groups excluding carboxylic acids is 1. The molecule has 3 rings (SSSR count). The minimum atomic E-state index is -0.139. The minimum absolute atomic E-state index is 0.0642. The summed E-state index contributed by atoms with van der Waals surface area (Å²) in [4.78, 5) is 13.1. The van der Waals surface area contributed by atoms with Crippen molar-refractivity contribution in [1.29, 1.82) is 0 Å². The van der Waals surface area contributed by atoms with Crippen LogP contribution in [0.1, 0.15) is 30.0 Å². The van der Waals surface area contributed by atoms with Gasteiger partial charge in [-0.1, -0.05) is 30.3 Å². The van der Waals surface area contributed by atoms with E-state index in [-0.39, 0.29) is 18.4 Å². The first-order chi connectivity index (χ1) is 11.1. The topological polar surface area (TPSA) is 68.0 Å². The van der Waals surface area contributed by atoms with Crippen LogP contribution in [0.5, 0.6) is 0 Å². The SMILES string of the molecule is Cc1ccsc1-c1nnc(CC(=O)N[C@H](C)c2ccccc2)o1. The number of aryl methyl sites for hydroxylation is 1. The van der Waals surface area contributed by atoms with Gasteiger partial charge in [-0.25, -0.2) is 0 Å². The van der Waals surface area contributed by atoms with Crippen LogP contribution >= 0.6 is 11.3 Å². The Hall–Kier alpha value is -2.47. The summed E-state index contributed by atoms with van der Waals surface area (Å²) in [6.45, 7) is 3.94.